The van der Waals surface area contributed by atoms with Crippen LogP contribution in [0.3, 0.4) is 0 Å². The Hall–Kier alpha value is -2.40. The summed E-state index contributed by atoms with van der Waals surface area (Å²) >= 11 is 5.98. The Morgan fingerprint density at radius 1 is 1.33 bits per heavy atom. The predicted octanol–water partition coefficient (Wildman–Crippen LogP) is 2.85. The van der Waals surface area contributed by atoms with E-state index in [2.05, 4.69) is 5.32 Å². The van der Waals surface area contributed by atoms with Crippen LogP contribution in [-0.2, 0) is 22.6 Å². The van der Waals surface area contributed by atoms with Crippen LogP contribution in [0.4, 0.5) is 4.39 Å². The van der Waals surface area contributed by atoms with E-state index < -0.39 is 11.9 Å². The zero-order chi connectivity index (χ0) is 17.3. The highest BCUT2D eigenvalue weighted by Crippen LogP contribution is 2.29. The molecule has 4 nitrogen and oxygen atoms in total. The van der Waals surface area contributed by atoms with Gasteiger partial charge in [0, 0.05) is 18.6 Å². The van der Waals surface area contributed by atoms with Gasteiger partial charge in [-0.3, -0.25) is 9.59 Å². The van der Waals surface area contributed by atoms with Crippen molar-refractivity contribution in [1.29, 1.82) is 0 Å². The van der Waals surface area contributed by atoms with E-state index in [1.165, 1.54) is 23.1 Å². The predicted molar refractivity (Wildman–Crippen MR) is 88.9 cm³/mol. The highest BCUT2D eigenvalue weighted by atomic mass is 35.5. The molecule has 1 atom stereocenters. The Morgan fingerprint density at radius 3 is 2.83 bits per heavy atom. The molecular weight excluding hydrogens is 331 g/mol. The van der Waals surface area contributed by atoms with Crippen molar-refractivity contribution >= 4 is 23.4 Å². The van der Waals surface area contributed by atoms with Gasteiger partial charge in [0.2, 0.25) is 11.8 Å². The first-order chi connectivity index (χ1) is 11.5. The molecule has 0 unspecified atom stereocenters. The topological polar surface area (TPSA) is 49.4 Å². The molecule has 124 valence electrons. The van der Waals surface area contributed by atoms with E-state index in [-0.39, 0.29) is 23.4 Å². The molecule has 1 aliphatic rings. The van der Waals surface area contributed by atoms with E-state index >= 15 is 0 Å². The molecular formula is C18H16ClFN2O2. The van der Waals surface area contributed by atoms with Crippen LogP contribution < -0.4 is 5.32 Å². The van der Waals surface area contributed by atoms with Crippen LogP contribution in [0.25, 0.3) is 0 Å². The maximum Gasteiger partial charge on any atom is 0.247 e. The van der Waals surface area contributed by atoms with E-state index in [1.54, 1.807) is 7.05 Å². The lowest BCUT2D eigenvalue weighted by Crippen LogP contribution is -2.45. The van der Waals surface area contributed by atoms with Crippen molar-refractivity contribution < 1.29 is 14.0 Å². The number of benzene rings is 2. The summed E-state index contributed by atoms with van der Waals surface area (Å²) in [4.78, 5) is 26.2. The number of nitrogens with one attached hydrogen (secondary N) is 1. The quantitative estimate of drug-likeness (QED) is 0.929. The molecule has 2 aromatic rings. The lowest BCUT2D eigenvalue weighted by atomic mass is 9.92. The van der Waals surface area contributed by atoms with Gasteiger partial charge >= 0.3 is 0 Å². The van der Waals surface area contributed by atoms with Gasteiger partial charge in [-0.2, -0.15) is 0 Å². The molecule has 1 heterocycles. The molecule has 0 aromatic heterocycles. The molecule has 0 aliphatic carbocycles. The van der Waals surface area contributed by atoms with E-state index in [1.807, 2.05) is 24.3 Å². The Morgan fingerprint density at radius 2 is 2.08 bits per heavy atom. The van der Waals surface area contributed by atoms with Crippen LogP contribution in [-0.4, -0.2) is 23.8 Å². The second-order valence-corrected chi connectivity index (χ2v) is 6.14. The lowest BCUT2D eigenvalue weighted by Gasteiger charge is -2.33. The zero-order valence-electron chi connectivity index (χ0n) is 13.1. The molecule has 6 heteroatoms. The summed E-state index contributed by atoms with van der Waals surface area (Å²) in [7, 11) is 1.62. The standard InChI is InChI=1S/C18H16ClFN2O2/c1-22-16(23)8-11-4-2-3-5-14(11)17(22)18(24)21-10-12-6-7-13(20)9-15(12)19/h2-7,9,17H,8,10H2,1H3,(H,21,24)/t17-/m0/s1. The van der Waals surface area contributed by atoms with Crippen molar-refractivity contribution in [3.63, 3.8) is 0 Å². The number of fused-ring (bicyclic) bond motifs is 1. The van der Waals surface area contributed by atoms with Gasteiger partial charge in [-0.05, 0) is 28.8 Å². The van der Waals surface area contributed by atoms with Crippen molar-refractivity contribution in [3.8, 4) is 0 Å². The molecule has 24 heavy (non-hydrogen) atoms. The summed E-state index contributed by atoms with van der Waals surface area (Å²) in [5.41, 5.74) is 2.30. The fourth-order valence-electron chi connectivity index (χ4n) is 2.86. The molecule has 0 saturated heterocycles. The molecule has 0 saturated carbocycles. The van der Waals surface area contributed by atoms with Gasteiger partial charge in [-0.15, -0.1) is 0 Å². The third-order valence-electron chi connectivity index (χ3n) is 4.19. The molecule has 3 rings (SSSR count). The van der Waals surface area contributed by atoms with Crippen LogP contribution in [0.5, 0.6) is 0 Å². The van der Waals surface area contributed by atoms with E-state index in [0.29, 0.717) is 12.0 Å². The molecule has 0 radical (unpaired) electrons. The number of hydrogen-bond donors (Lipinski definition) is 1. The second-order valence-electron chi connectivity index (χ2n) is 5.74. The summed E-state index contributed by atoms with van der Waals surface area (Å²) in [5, 5.41) is 3.03. The van der Waals surface area contributed by atoms with Gasteiger partial charge < -0.3 is 10.2 Å². The first-order valence-corrected chi connectivity index (χ1v) is 7.90. The SMILES string of the molecule is CN1C(=O)Cc2ccccc2[C@H]1C(=O)NCc1ccc(F)cc1Cl. The Labute approximate surface area is 144 Å². The molecule has 2 aromatic carbocycles. The first kappa shape index (κ1) is 16.5. The number of rotatable bonds is 3. The molecule has 0 bridgehead atoms. The van der Waals surface area contributed by atoms with Crippen LogP contribution in [0.15, 0.2) is 42.5 Å². The number of amides is 2. The maximum absolute atomic E-state index is 13.1. The van der Waals surface area contributed by atoms with Gasteiger partial charge in [0.15, 0.2) is 0 Å². The summed E-state index contributed by atoms with van der Waals surface area (Å²) in [6.45, 7) is 0.165. The number of nitrogens with zero attached hydrogens (tertiary/aromatic N) is 1. The Kier molecular flexibility index (Phi) is 4.53. The van der Waals surface area contributed by atoms with Crippen LogP contribution in [0.1, 0.15) is 22.7 Å². The van der Waals surface area contributed by atoms with Crippen LogP contribution in [0, 0.1) is 5.82 Å². The number of hydrogen-bond acceptors (Lipinski definition) is 2. The van der Waals surface area contributed by atoms with E-state index in [9.17, 15) is 14.0 Å². The van der Waals surface area contributed by atoms with Crippen molar-refractivity contribution in [2.75, 3.05) is 7.05 Å². The maximum atomic E-state index is 13.1. The number of halogens is 2. The average molecular weight is 347 g/mol. The van der Waals surface area contributed by atoms with Gasteiger partial charge in [-0.25, -0.2) is 4.39 Å². The molecule has 0 fully saturated rings. The minimum atomic E-state index is -0.679. The molecule has 0 spiro atoms. The largest absolute Gasteiger partial charge is 0.350 e. The number of likely N-dealkylation sites (N-methyl/N-ethyl adjacent to an activating group) is 1. The summed E-state index contributed by atoms with van der Waals surface area (Å²) in [6.07, 6.45) is 0.292. The Balaban J connectivity index is 1.80. The highest BCUT2D eigenvalue weighted by molar-refractivity contribution is 6.31. The van der Waals surface area contributed by atoms with Crippen molar-refractivity contribution in [1.82, 2.24) is 10.2 Å². The smallest absolute Gasteiger partial charge is 0.247 e. The van der Waals surface area contributed by atoms with Gasteiger partial charge in [0.1, 0.15) is 11.9 Å². The van der Waals surface area contributed by atoms with Crippen LogP contribution >= 0.6 is 11.6 Å². The summed E-state index contributed by atoms with van der Waals surface area (Å²) in [6, 6.07) is 10.8. The minimum absolute atomic E-state index is 0.103. The van der Waals surface area contributed by atoms with Crippen molar-refractivity contribution in [2.24, 2.45) is 0 Å². The van der Waals surface area contributed by atoms with Gasteiger partial charge in [-0.1, -0.05) is 41.9 Å². The molecule has 1 aliphatic heterocycles. The summed E-state index contributed by atoms with van der Waals surface area (Å²) in [5.74, 6) is -0.825. The van der Waals surface area contributed by atoms with E-state index in [4.69, 9.17) is 11.6 Å². The monoisotopic (exact) mass is 346 g/mol. The van der Waals surface area contributed by atoms with Crippen molar-refractivity contribution in [3.05, 3.63) is 70.0 Å². The first-order valence-electron chi connectivity index (χ1n) is 7.52. The third kappa shape index (κ3) is 3.12. The summed E-state index contributed by atoms with van der Waals surface area (Å²) < 4.78 is 13.1. The minimum Gasteiger partial charge on any atom is -0.350 e. The van der Waals surface area contributed by atoms with Crippen LogP contribution in [0.2, 0.25) is 5.02 Å². The lowest BCUT2D eigenvalue weighted by molar-refractivity contribution is -0.140. The highest BCUT2D eigenvalue weighted by Gasteiger charge is 2.34. The van der Waals surface area contributed by atoms with Crippen molar-refractivity contribution in [2.45, 2.75) is 19.0 Å². The van der Waals surface area contributed by atoms with E-state index in [0.717, 1.165) is 11.1 Å². The van der Waals surface area contributed by atoms with Gasteiger partial charge in [0.25, 0.3) is 0 Å². The number of carbonyl (C=O) groups excluding carboxylic acids is 2. The second kappa shape index (κ2) is 6.61. The average Bonchev–Trinajstić information content (AvgIpc) is 2.55. The normalized spacial score (nSPS) is 16.7. The Bertz CT molecular complexity index is 809. The zero-order valence-corrected chi connectivity index (χ0v) is 13.8. The fourth-order valence-corrected chi connectivity index (χ4v) is 3.10. The van der Waals surface area contributed by atoms with Gasteiger partial charge in [0.05, 0.1) is 6.42 Å². The molecule has 2 amide bonds. The molecule has 1 N–H and O–H groups in total. The fraction of sp³-hybridized carbons (Fsp3) is 0.222. The number of carbonyl (C=O) groups is 2. The third-order valence-corrected chi connectivity index (χ3v) is 4.54.